The molecule has 0 saturated carbocycles. The summed E-state index contributed by atoms with van der Waals surface area (Å²) in [6.07, 6.45) is 2.85. The van der Waals surface area contributed by atoms with Crippen molar-refractivity contribution < 1.29 is 9.13 Å². The second kappa shape index (κ2) is 9.32. The van der Waals surface area contributed by atoms with E-state index in [-0.39, 0.29) is 11.8 Å². The third kappa shape index (κ3) is 4.90. The number of nitrogens with zero attached hydrogens (tertiary/aromatic N) is 4. The molecule has 8 heteroatoms. The predicted molar refractivity (Wildman–Crippen MR) is 117 cm³/mol. The molecule has 2 aromatic carbocycles. The predicted octanol–water partition coefficient (Wildman–Crippen LogP) is 3.95. The number of hydrogen-bond acceptors (Lipinski definition) is 7. The third-order valence-corrected chi connectivity index (χ3v) is 4.74. The molecular weight excluding hydrogens is 383 g/mol. The van der Waals surface area contributed by atoms with Gasteiger partial charge in [0, 0.05) is 24.5 Å². The van der Waals surface area contributed by atoms with Gasteiger partial charge in [-0.1, -0.05) is 24.3 Å². The van der Waals surface area contributed by atoms with Crippen LogP contribution in [-0.4, -0.2) is 42.5 Å². The quantitative estimate of drug-likeness (QED) is 0.477. The number of aryl methyl sites for hydroxylation is 1. The zero-order valence-corrected chi connectivity index (χ0v) is 16.7. The summed E-state index contributed by atoms with van der Waals surface area (Å²) in [5.41, 5.74) is 6.84. The first-order valence-corrected chi connectivity index (χ1v) is 9.76. The fourth-order valence-corrected chi connectivity index (χ4v) is 3.15. The minimum atomic E-state index is -0.455. The van der Waals surface area contributed by atoms with Gasteiger partial charge in [-0.15, -0.1) is 0 Å². The maximum Gasteiger partial charge on any atom is 0.245 e. The van der Waals surface area contributed by atoms with Crippen LogP contribution in [0.4, 0.5) is 27.5 Å². The van der Waals surface area contributed by atoms with Crippen molar-refractivity contribution in [2.75, 3.05) is 41.9 Å². The van der Waals surface area contributed by atoms with Crippen molar-refractivity contribution in [3.63, 3.8) is 0 Å². The summed E-state index contributed by atoms with van der Waals surface area (Å²) in [4.78, 5) is 10.1. The van der Waals surface area contributed by atoms with Crippen molar-refractivity contribution in [2.24, 2.45) is 5.10 Å². The Morgan fingerprint density at radius 1 is 1.10 bits per heavy atom. The molecule has 0 bridgehead atoms. The fourth-order valence-electron chi connectivity index (χ4n) is 3.15. The van der Waals surface area contributed by atoms with Gasteiger partial charge in [0.1, 0.15) is 0 Å². The molecule has 0 aliphatic carbocycles. The Morgan fingerprint density at radius 2 is 1.90 bits per heavy atom. The number of para-hydroxylation sites is 1. The van der Waals surface area contributed by atoms with Crippen molar-refractivity contribution in [2.45, 2.75) is 6.92 Å². The molecule has 0 unspecified atom stereocenters. The number of hydrogen-bond donors (Lipinski definition) is 2. The number of rotatable bonds is 6. The number of ether oxygens (including phenoxy) is 1. The maximum atomic E-state index is 14.1. The van der Waals surface area contributed by atoms with Crippen LogP contribution in [0.3, 0.4) is 0 Å². The molecule has 0 radical (unpaired) electrons. The Balaban J connectivity index is 1.42. The molecule has 1 fully saturated rings. The van der Waals surface area contributed by atoms with Gasteiger partial charge in [-0.25, -0.2) is 14.8 Å². The summed E-state index contributed by atoms with van der Waals surface area (Å²) in [6, 6.07) is 16.0. The average molecular weight is 406 g/mol. The van der Waals surface area contributed by atoms with Gasteiger partial charge in [0.2, 0.25) is 5.95 Å². The Hall–Kier alpha value is -3.52. The SMILES string of the molecule is Cc1cc(Nc2ccccc2)ccc1/C=N/Nc1ncc(F)c(N2CCOCC2)n1. The average Bonchev–Trinajstić information content (AvgIpc) is 2.78. The molecule has 30 heavy (non-hydrogen) atoms. The van der Waals surface area contributed by atoms with Crippen molar-refractivity contribution in [1.82, 2.24) is 9.97 Å². The minimum Gasteiger partial charge on any atom is -0.378 e. The van der Waals surface area contributed by atoms with E-state index in [2.05, 4.69) is 31.9 Å². The number of anilines is 4. The van der Waals surface area contributed by atoms with Gasteiger partial charge in [0.15, 0.2) is 11.6 Å². The molecule has 2 N–H and O–H groups in total. The second-order valence-corrected chi connectivity index (χ2v) is 6.90. The van der Waals surface area contributed by atoms with Crippen LogP contribution >= 0.6 is 0 Å². The topological polar surface area (TPSA) is 74.7 Å². The van der Waals surface area contributed by atoms with Crippen LogP contribution in [0, 0.1) is 12.7 Å². The summed E-state index contributed by atoms with van der Waals surface area (Å²) in [5.74, 6) is 0.0523. The standard InChI is InChI=1S/C22H23FN6O/c1-16-13-19(26-18-5-3-2-4-6-18)8-7-17(16)14-25-28-22-24-15-20(23)21(27-22)29-9-11-30-12-10-29/h2-8,13-15,26H,9-12H2,1H3,(H,24,27,28)/b25-14+. The first-order valence-electron chi connectivity index (χ1n) is 9.76. The van der Waals surface area contributed by atoms with E-state index in [0.29, 0.717) is 26.3 Å². The summed E-state index contributed by atoms with van der Waals surface area (Å²) in [5, 5.41) is 7.58. The first-order chi connectivity index (χ1) is 14.7. The summed E-state index contributed by atoms with van der Waals surface area (Å²) in [7, 11) is 0. The maximum absolute atomic E-state index is 14.1. The lowest BCUT2D eigenvalue weighted by Gasteiger charge is -2.27. The fraction of sp³-hybridized carbons (Fsp3) is 0.227. The lowest BCUT2D eigenvalue weighted by atomic mass is 10.1. The lowest BCUT2D eigenvalue weighted by molar-refractivity contribution is 0.122. The summed E-state index contributed by atoms with van der Waals surface area (Å²) >= 11 is 0. The molecular formula is C22H23FN6O. The highest BCUT2D eigenvalue weighted by Crippen LogP contribution is 2.20. The normalized spacial score (nSPS) is 14.1. The van der Waals surface area contributed by atoms with Gasteiger partial charge in [-0.2, -0.15) is 10.1 Å². The molecule has 1 saturated heterocycles. The Labute approximate surface area is 174 Å². The molecule has 1 aliphatic heterocycles. The van der Waals surface area contributed by atoms with Crippen molar-refractivity contribution in [1.29, 1.82) is 0 Å². The van der Waals surface area contributed by atoms with Gasteiger partial charge in [-0.3, -0.25) is 0 Å². The van der Waals surface area contributed by atoms with Gasteiger partial charge in [-0.05, 0) is 42.3 Å². The van der Waals surface area contributed by atoms with Gasteiger partial charge in [0.05, 0.1) is 25.6 Å². The number of morpholine rings is 1. The second-order valence-electron chi connectivity index (χ2n) is 6.90. The Bertz CT molecular complexity index is 1020. The highest BCUT2D eigenvalue weighted by Gasteiger charge is 2.17. The molecule has 0 atom stereocenters. The van der Waals surface area contributed by atoms with E-state index in [1.165, 1.54) is 0 Å². The summed E-state index contributed by atoms with van der Waals surface area (Å²) < 4.78 is 19.4. The zero-order chi connectivity index (χ0) is 20.8. The zero-order valence-electron chi connectivity index (χ0n) is 16.7. The molecule has 7 nitrogen and oxygen atoms in total. The van der Waals surface area contributed by atoms with Crippen LogP contribution in [0.5, 0.6) is 0 Å². The lowest BCUT2D eigenvalue weighted by Crippen LogP contribution is -2.37. The van der Waals surface area contributed by atoms with Crippen molar-refractivity contribution >= 4 is 29.4 Å². The van der Waals surface area contributed by atoms with E-state index in [4.69, 9.17) is 4.74 Å². The highest BCUT2D eigenvalue weighted by atomic mass is 19.1. The van der Waals surface area contributed by atoms with Crippen LogP contribution in [0.15, 0.2) is 59.8 Å². The van der Waals surface area contributed by atoms with E-state index in [0.717, 1.165) is 28.7 Å². The van der Waals surface area contributed by atoms with Gasteiger partial charge >= 0.3 is 0 Å². The van der Waals surface area contributed by atoms with E-state index in [9.17, 15) is 4.39 Å². The molecule has 3 aromatic rings. The van der Waals surface area contributed by atoms with E-state index >= 15 is 0 Å². The monoisotopic (exact) mass is 406 g/mol. The molecule has 0 amide bonds. The molecule has 4 rings (SSSR count). The molecule has 1 aliphatic rings. The van der Waals surface area contributed by atoms with Crippen LogP contribution in [0.25, 0.3) is 0 Å². The van der Waals surface area contributed by atoms with Crippen LogP contribution < -0.4 is 15.6 Å². The minimum absolute atomic E-state index is 0.245. The number of halogens is 1. The van der Waals surface area contributed by atoms with Crippen molar-refractivity contribution in [3.05, 3.63) is 71.7 Å². The molecule has 154 valence electrons. The van der Waals surface area contributed by atoms with Crippen LogP contribution in [0.1, 0.15) is 11.1 Å². The Morgan fingerprint density at radius 3 is 2.67 bits per heavy atom. The smallest absolute Gasteiger partial charge is 0.245 e. The van der Waals surface area contributed by atoms with Crippen molar-refractivity contribution in [3.8, 4) is 0 Å². The summed E-state index contributed by atoms with van der Waals surface area (Å²) in [6.45, 7) is 4.32. The van der Waals surface area contributed by atoms with Crippen LogP contribution in [0.2, 0.25) is 0 Å². The number of hydrazone groups is 1. The number of aromatic nitrogens is 2. The van der Waals surface area contributed by atoms with E-state index in [1.54, 1.807) is 6.21 Å². The largest absolute Gasteiger partial charge is 0.378 e. The number of benzene rings is 2. The van der Waals surface area contributed by atoms with Gasteiger partial charge < -0.3 is 15.0 Å². The van der Waals surface area contributed by atoms with E-state index in [1.807, 2.05) is 54.3 Å². The first kappa shape index (κ1) is 19.8. The van der Waals surface area contributed by atoms with E-state index < -0.39 is 5.82 Å². The highest BCUT2D eigenvalue weighted by molar-refractivity contribution is 5.83. The Kier molecular flexibility index (Phi) is 6.14. The molecule has 1 aromatic heterocycles. The molecule has 2 heterocycles. The third-order valence-electron chi connectivity index (χ3n) is 4.74. The number of nitrogens with one attached hydrogen (secondary N) is 2. The molecule has 0 spiro atoms. The van der Waals surface area contributed by atoms with Gasteiger partial charge in [0.25, 0.3) is 0 Å². The van der Waals surface area contributed by atoms with Crippen LogP contribution in [-0.2, 0) is 4.74 Å².